The third-order valence-corrected chi connectivity index (χ3v) is 4.85. The summed E-state index contributed by atoms with van der Waals surface area (Å²) in [4.78, 5) is 29.9. The summed E-state index contributed by atoms with van der Waals surface area (Å²) in [5.74, 6) is 0. The Balaban J connectivity index is 3.04. The van der Waals surface area contributed by atoms with E-state index in [2.05, 4.69) is 4.98 Å². The van der Waals surface area contributed by atoms with Gasteiger partial charge in [-0.1, -0.05) is 0 Å². The van der Waals surface area contributed by atoms with Crippen molar-refractivity contribution in [1.82, 2.24) is 9.55 Å². The zero-order valence-electron chi connectivity index (χ0n) is 7.33. The van der Waals surface area contributed by atoms with E-state index in [1.54, 1.807) is 0 Å². The lowest BCUT2D eigenvalue weighted by Crippen LogP contribution is -2.29. The first-order valence-electron chi connectivity index (χ1n) is 3.67. The zero-order valence-corrected chi connectivity index (χ0v) is 9.12. The molecule has 10 heteroatoms. The minimum Gasteiger partial charge on any atom is -0.335 e. The number of aromatic nitrogens is 2. The molecule has 0 amide bonds. The summed E-state index contributed by atoms with van der Waals surface area (Å²) in [5.41, 5.74) is 0. The molecule has 8 nitrogen and oxygen atoms in total. The van der Waals surface area contributed by atoms with Crippen LogP contribution >= 0.6 is 15.6 Å². The Labute approximate surface area is 85.2 Å². The molecule has 0 aliphatic rings. The minimum absolute atomic E-state index is 0.705. The number of imidazole rings is 1. The molecule has 0 spiro atoms. The van der Waals surface area contributed by atoms with Crippen molar-refractivity contribution in [3.8, 4) is 0 Å². The Morgan fingerprint density at radius 2 is 2.13 bits per heavy atom. The molecule has 2 unspecified atom stereocenters. The Morgan fingerprint density at radius 3 is 2.47 bits per heavy atom. The second-order valence-corrected chi connectivity index (χ2v) is 6.29. The molecular formula is C5H9N2O6P2+. The molecule has 0 saturated carbocycles. The van der Waals surface area contributed by atoms with Gasteiger partial charge in [-0.05, 0) is 4.57 Å². The van der Waals surface area contributed by atoms with E-state index < -0.39 is 27.3 Å². The first-order chi connectivity index (χ1) is 6.77. The van der Waals surface area contributed by atoms with Crippen molar-refractivity contribution < 1.29 is 28.9 Å². The van der Waals surface area contributed by atoms with Gasteiger partial charge in [0.2, 0.25) is 0 Å². The van der Waals surface area contributed by atoms with Crippen LogP contribution in [0.25, 0.3) is 0 Å². The lowest BCUT2D eigenvalue weighted by Gasteiger charge is -2.16. The minimum atomic E-state index is -5.11. The molecule has 1 aromatic rings. The Hall–Kier alpha value is -0.620. The predicted molar refractivity (Wildman–Crippen MR) is 49.0 cm³/mol. The molecule has 2 atom stereocenters. The predicted octanol–water partition coefficient (Wildman–Crippen LogP) is -0.558. The third kappa shape index (κ3) is 2.49. The van der Waals surface area contributed by atoms with Crippen LogP contribution in [0.4, 0.5) is 0 Å². The topological polar surface area (TPSA) is 133 Å². The lowest BCUT2D eigenvalue weighted by atomic mass is 10.6. The van der Waals surface area contributed by atoms with Crippen molar-refractivity contribution in [1.29, 1.82) is 0 Å². The highest BCUT2D eigenvalue weighted by atomic mass is 31.2. The summed E-state index contributed by atoms with van der Waals surface area (Å²) in [6, 6.07) is 0. The van der Waals surface area contributed by atoms with Gasteiger partial charge in [0.05, 0.1) is 6.33 Å². The fourth-order valence-electron chi connectivity index (χ4n) is 0.889. The smallest absolute Gasteiger partial charge is 0.335 e. The van der Waals surface area contributed by atoms with Crippen molar-refractivity contribution in [2.45, 2.75) is 11.6 Å². The normalized spacial score (nSPS) is 17.2. The summed E-state index contributed by atoms with van der Waals surface area (Å²) in [6.07, 6.45) is 3.78. The van der Waals surface area contributed by atoms with E-state index in [1.807, 2.05) is 0 Å². The molecule has 0 bridgehead atoms. The maximum atomic E-state index is 10.9. The number of rotatable bonds is 4. The van der Waals surface area contributed by atoms with Crippen LogP contribution in [-0.4, -0.2) is 34.4 Å². The fraction of sp³-hybridized carbons (Fsp3) is 0.400. The number of aliphatic hydroxyl groups is 1. The van der Waals surface area contributed by atoms with Crippen LogP contribution in [0.1, 0.15) is 0 Å². The Morgan fingerprint density at radius 1 is 1.53 bits per heavy atom. The van der Waals surface area contributed by atoms with Crippen molar-refractivity contribution in [3.63, 3.8) is 0 Å². The molecule has 84 valence electrons. The summed E-state index contributed by atoms with van der Waals surface area (Å²) < 4.78 is 22.8. The molecule has 4 N–H and O–H groups in total. The van der Waals surface area contributed by atoms with Crippen molar-refractivity contribution in [2.75, 3.05) is 0 Å². The van der Waals surface area contributed by atoms with Crippen LogP contribution in [0, 0.1) is 0 Å². The standard InChI is InChI=1S/C5H8N2O6P2/c8-5(14(9)10,15(11,12)13)3-7-2-1-6-4-7/h1-2,4,8H,3H2,(H2-,9,10,11,12,13)/p+1. The van der Waals surface area contributed by atoms with E-state index in [-0.39, 0.29) is 0 Å². The van der Waals surface area contributed by atoms with Gasteiger partial charge >= 0.3 is 20.7 Å². The Kier molecular flexibility index (Phi) is 3.40. The highest BCUT2D eigenvalue weighted by Gasteiger charge is 2.63. The molecule has 0 saturated heterocycles. The van der Waals surface area contributed by atoms with E-state index in [0.717, 1.165) is 4.57 Å². The van der Waals surface area contributed by atoms with E-state index in [1.165, 1.54) is 18.7 Å². The molecule has 0 aliphatic heterocycles. The second kappa shape index (κ2) is 4.09. The maximum absolute atomic E-state index is 10.9. The van der Waals surface area contributed by atoms with Gasteiger partial charge in [0.1, 0.15) is 6.54 Å². The van der Waals surface area contributed by atoms with Gasteiger partial charge in [-0.25, -0.2) is 4.98 Å². The third-order valence-electron chi connectivity index (χ3n) is 1.73. The van der Waals surface area contributed by atoms with Crippen molar-refractivity contribution in [3.05, 3.63) is 18.7 Å². The highest BCUT2D eigenvalue weighted by Crippen LogP contribution is 2.60. The first-order valence-corrected chi connectivity index (χ1v) is 6.50. The molecule has 0 aliphatic carbocycles. The average Bonchev–Trinajstić information content (AvgIpc) is 2.54. The maximum Gasteiger partial charge on any atom is 0.556 e. The van der Waals surface area contributed by atoms with E-state index in [0.29, 0.717) is 0 Å². The number of hydrogen-bond donors (Lipinski definition) is 4. The number of nitrogens with zero attached hydrogens (tertiary/aromatic N) is 2. The molecule has 1 aromatic heterocycles. The molecule has 0 fully saturated rings. The van der Waals surface area contributed by atoms with Crippen LogP contribution in [0.3, 0.4) is 0 Å². The second-order valence-electron chi connectivity index (χ2n) is 2.83. The molecule has 0 aromatic carbocycles. The van der Waals surface area contributed by atoms with Crippen molar-refractivity contribution >= 4 is 15.6 Å². The molecule has 1 heterocycles. The van der Waals surface area contributed by atoms with Gasteiger partial charge in [0.15, 0.2) is 0 Å². The first kappa shape index (κ1) is 12.4. The van der Waals surface area contributed by atoms with Crippen LogP contribution in [0.2, 0.25) is 0 Å². The van der Waals surface area contributed by atoms with Crippen LogP contribution in [0.15, 0.2) is 18.7 Å². The summed E-state index contributed by atoms with van der Waals surface area (Å²) >= 11 is 0. The van der Waals surface area contributed by atoms with Gasteiger partial charge < -0.3 is 19.5 Å². The molecule has 1 rings (SSSR count). The van der Waals surface area contributed by atoms with Crippen LogP contribution in [-0.2, 0) is 15.7 Å². The summed E-state index contributed by atoms with van der Waals surface area (Å²) in [7, 11) is -8.56. The van der Waals surface area contributed by atoms with Crippen molar-refractivity contribution in [2.24, 2.45) is 0 Å². The zero-order chi connectivity index (χ0) is 11.7. The largest absolute Gasteiger partial charge is 0.556 e. The molecule has 0 radical (unpaired) electrons. The van der Waals surface area contributed by atoms with Gasteiger partial charge in [-0.3, -0.25) is 4.57 Å². The van der Waals surface area contributed by atoms with E-state index in [9.17, 15) is 14.2 Å². The van der Waals surface area contributed by atoms with E-state index in [4.69, 9.17) is 14.7 Å². The van der Waals surface area contributed by atoms with Crippen LogP contribution in [0.5, 0.6) is 0 Å². The fourth-order valence-corrected chi connectivity index (χ4v) is 2.41. The lowest BCUT2D eigenvalue weighted by molar-refractivity contribution is 0.137. The summed E-state index contributed by atoms with van der Waals surface area (Å²) in [5, 5.41) is 6.47. The average molecular weight is 255 g/mol. The van der Waals surface area contributed by atoms with Crippen LogP contribution < -0.4 is 0 Å². The van der Waals surface area contributed by atoms with E-state index >= 15 is 0 Å². The van der Waals surface area contributed by atoms with Gasteiger partial charge in [-0.2, -0.15) is 4.89 Å². The molecule has 15 heavy (non-hydrogen) atoms. The van der Waals surface area contributed by atoms with Gasteiger partial charge in [-0.15, -0.1) is 0 Å². The highest BCUT2D eigenvalue weighted by molar-refractivity contribution is 7.66. The monoisotopic (exact) mass is 255 g/mol. The van der Waals surface area contributed by atoms with Gasteiger partial charge in [0.25, 0.3) is 0 Å². The van der Waals surface area contributed by atoms with Gasteiger partial charge in [0, 0.05) is 12.4 Å². The SMILES string of the molecule is O=[P+](O)C(O)(Cn1ccnc1)P(=O)(O)O. The molecular weight excluding hydrogens is 246 g/mol. The Bertz CT molecular complexity index is 400. The summed E-state index contributed by atoms with van der Waals surface area (Å²) in [6.45, 7) is -0.705. The quantitative estimate of drug-likeness (QED) is 0.530. The number of hydrogen-bond acceptors (Lipinski definition) is 4.